The number of amides is 1. The number of hydrogen-bond donors (Lipinski definition) is 1. The summed E-state index contributed by atoms with van der Waals surface area (Å²) in [5.41, 5.74) is 1.00. The van der Waals surface area contributed by atoms with Crippen molar-refractivity contribution in [3.63, 3.8) is 0 Å². The molecule has 2 aliphatic rings. The smallest absolute Gasteiger partial charge is 0.228 e. The maximum absolute atomic E-state index is 12.7. The van der Waals surface area contributed by atoms with Gasteiger partial charge in [-0.05, 0) is 18.9 Å². The van der Waals surface area contributed by atoms with Gasteiger partial charge in [-0.1, -0.05) is 18.2 Å². The Morgan fingerprint density at radius 3 is 3.18 bits per heavy atom. The number of nitrogens with one attached hydrogen (secondary N) is 1. The zero-order chi connectivity index (χ0) is 14.9. The van der Waals surface area contributed by atoms with Crippen LogP contribution >= 0.6 is 0 Å². The summed E-state index contributed by atoms with van der Waals surface area (Å²) in [5, 5.41) is 3.22. The molecule has 1 aromatic heterocycles. The Bertz CT molecular complexity index is 695. The average molecular weight is 297 g/mol. The number of rotatable bonds is 2. The van der Waals surface area contributed by atoms with Crippen LogP contribution in [0.15, 0.2) is 36.7 Å². The van der Waals surface area contributed by atoms with Gasteiger partial charge >= 0.3 is 0 Å². The number of fused-ring (bicyclic) bond motifs is 2. The molecule has 2 aliphatic heterocycles. The van der Waals surface area contributed by atoms with E-state index in [0.717, 1.165) is 42.9 Å². The number of hydrogen-bond acceptors (Lipinski definition) is 3. The molecule has 0 saturated carbocycles. The Morgan fingerprint density at radius 1 is 1.32 bits per heavy atom. The van der Waals surface area contributed by atoms with Crippen molar-refractivity contribution in [1.29, 1.82) is 0 Å². The minimum absolute atomic E-state index is 0.103. The van der Waals surface area contributed by atoms with E-state index >= 15 is 0 Å². The molecular formula is C17H19N3O2. The molecule has 0 aliphatic carbocycles. The Kier molecular flexibility index (Phi) is 3.33. The minimum Gasteiger partial charge on any atom is -0.493 e. The molecule has 0 fully saturated rings. The summed E-state index contributed by atoms with van der Waals surface area (Å²) < 4.78 is 7.77. The summed E-state index contributed by atoms with van der Waals surface area (Å²) >= 11 is 0. The van der Waals surface area contributed by atoms with Crippen molar-refractivity contribution in [1.82, 2.24) is 14.9 Å². The topological polar surface area (TPSA) is 56.2 Å². The molecule has 0 radical (unpaired) electrons. The normalized spacial score (nSPS) is 23.1. The monoisotopic (exact) mass is 297 g/mol. The van der Waals surface area contributed by atoms with Crippen LogP contribution in [0.1, 0.15) is 30.1 Å². The van der Waals surface area contributed by atoms with Crippen LogP contribution < -0.4 is 10.1 Å². The number of para-hydroxylation sites is 1. The molecule has 5 heteroatoms. The SMILES string of the molecule is O=C(N[C@H]1CCc2nccn2C1)[C@@H]1CCOc2ccccc21. The largest absolute Gasteiger partial charge is 0.493 e. The lowest BCUT2D eigenvalue weighted by Gasteiger charge is -2.29. The first-order chi connectivity index (χ1) is 10.8. The highest BCUT2D eigenvalue weighted by molar-refractivity contribution is 5.85. The fourth-order valence-corrected chi connectivity index (χ4v) is 3.40. The highest BCUT2D eigenvalue weighted by atomic mass is 16.5. The number of carbonyl (C=O) groups excluding carboxylic acids is 1. The second-order valence-corrected chi connectivity index (χ2v) is 5.97. The zero-order valence-corrected chi connectivity index (χ0v) is 12.4. The van der Waals surface area contributed by atoms with Gasteiger partial charge in [0.25, 0.3) is 0 Å². The van der Waals surface area contributed by atoms with Gasteiger partial charge in [-0.2, -0.15) is 0 Å². The van der Waals surface area contributed by atoms with E-state index in [1.54, 1.807) is 0 Å². The van der Waals surface area contributed by atoms with Gasteiger partial charge in [-0.15, -0.1) is 0 Å². The third-order valence-corrected chi connectivity index (χ3v) is 4.56. The van der Waals surface area contributed by atoms with Crippen molar-refractivity contribution in [3.05, 3.63) is 48.0 Å². The van der Waals surface area contributed by atoms with Crippen LogP contribution in [0.5, 0.6) is 5.75 Å². The molecule has 5 nitrogen and oxygen atoms in total. The van der Waals surface area contributed by atoms with Gasteiger partial charge in [0.1, 0.15) is 11.6 Å². The van der Waals surface area contributed by atoms with Gasteiger partial charge in [0.2, 0.25) is 5.91 Å². The molecule has 0 saturated heterocycles. The fourth-order valence-electron chi connectivity index (χ4n) is 3.40. The van der Waals surface area contributed by atoms with E-state index in [9.17, 15) is 4.79 Å². The third kappa shape index (κ3) is 2.36. The van der Waals surface area contributed by atoms with Crippen LogP contribution in [0, 0.1) is 0 Å². The molecule has 0 spiro atoms. The maximum Gasteiger partial charge on any atom is 0.228 e. The lowest BCUT2D eigenvalue weighted by atomic mass is 9.92. The predicted molar refractivity (Wildman–Crippen MR) is 81.8 cm³/mol. The van der Waals surface area contributed by atoms with Crippen molar-refractivity contribution >= 4 is 5.91 Å². The first-order valence-corrected chi connectivity index (χ1v) is 7.83. The van der Waals surface area contributed by atoms with Gasteiger partial charge < -0.3 is 14.6 Å². The lowest BCUT2D eigenvalue weighted by Crippen LogP contribution is -2.43. The van der Waals surface area contributed by atoms with E-state index in [4.69, 9.17) is 4.74 Å². The van der Waals surface area contributed by atoms with Crippen molar-refractivity contribution in [3.8, 4) is 5.75 Å². The van der Waals surface area contributed by atoms with E-state index in [0.29, 0.717) is 6.61 Å². The number of benzene rings is 1. The number of ether oxygens (including phenoxy) is 1. The highest BCUT2D eigenvalue weighted by Crippen LogP contribution is 2.33. The summed E-state index contributed by atoms with van der Waals surface area (Å²) in [4.78, 5) is 17.0. The van der Waals surface area contributed by atoms with Crippen LogP contribution in [0.2, 0.25) is 0 Å². The number of aryl methyl sites for hydroxylation is 1. The summed E-state index contributed by atoms with van der Waals surface area (Å²) in [6, 6.07) is 8.03. The summed E-state index contributed by atoms with van der Waals surface area (Å²) in [6.07, 6.45) is 6.42. The quantitative estimate of drug-likeness (QED) is 0.921. The molecule has 1 amide bonds. The van der Waals surface area contributed by atoms with Gasteiger partial charge in [0.15, 0.2) is 0 Å². The minimum atomic E-state index is -0.103. The molecule has 2 aromatic rings. The van der Waals surface area contributed by atoms with Crippen molar-refractivity contribution < 1.29 is 9.53 Å². The standard InChI is InChI=1S/C17H19N3O2/c21-17(14-7-10-22-15-4-2-1-3-13(14)15)19-12-5-6-16-18-8-9-20(16)11-12/h1-4,8-9,12,14H,5-7,10-11H2,(H,19,21)/t12-,14+/m0/s1. The first-order valence-electron chi connectivity index (χ1n) is 7.83. The third-order valence-electron chi connectivity index (χ3n) is 4.56. The zero-order valence-electron chi connectivity index (χ0n) is 12.4. The Hall–Kier alpha value is -2.30. The van der Waals surface area contributed by atoms with Crippen LogP contribution in [-0.4, -0.2) is 28.1 Å². The molecule has 114 valence electrons. The van der Waals surface area contributed by atoms with Gasteiger partial charge in [-0.3, -0.25) is 4.79 Å². The van der Waals surface area contributed by atoms with Crippen LogP contribution in [-0.2, 0) is 17.8 Å². The van der Waals surface area contributed by atoms with Crippen LogP contribution in [0.3, 0.4) is 0 Å². The molecule has 0 bridgehead atoms. The predicted octanol–water partition coefficient (Wildman–Crippen LogP) is 1.88. The first kappa shape index (κ1) is 13.4. The second kappa shape index (κ2) is 5.48. The highest BCUT2D eigenvalue weighted by Gasteiger charge is 2.29. The molecule has 1 aromatic carbocycles. The number of nitrogens with zero attached hydrogens (tertiary/aromatic N) is 2. The molecular weight excluding hydrogens is 278 g/mol. The fraction of sp³-hybridized carbons (Fsp3) is 0.412. The van der Waals surface area contributed by atoms with E-state index in [1.807, 2.05) is 36.7 Å². The van der Waals surface area contributed by atoms with Crippen LogP contribution in [0.4, 0.5) is 0 Å². The Labute approximate surface area is 129 Å². The van der Waals surface area contributed by atoms with Crippen molar-refractivity contribution in [2.75, 3.05) is 6.61 Å². The molecule has 1 N–H and O–H groups in total. The molecule has 3 heterocycles. The number of aromatic nitrogens is 2. The summed E-state index contributed by atoms with van der Waals surface area (Å²) in [5.74, 6) is 1.97. The number of imidazole rings is 1. The van der Waals surface area contributed by atoms with Gasteiger partial charge in [0, 0.05) is 37.0 Å². The summed E-state index contributed by atoms with van der Waals surface area (Å²) in [7, 11) is 0. The molecule has 0 unspecified atom stereocenters. The number of carbonyl (C=O) groups is 1. The average Bonchev–Trinajstić information content (AvgIpc) is 3.02. The van der Waals surface area contributed by atoms with E-state index in [2.05, 4.69) is 14.9 Å². The molecule has 22 heavy (non-hydrogen) atoms. The van der Waals surface area contributed by atoms with Crippen LogP contribution in [0.25, 0.3) is 0 Å². The van der Waals surface area contributed by atoms with Crippen molar-refractivity contribution in [2.24, 2.45) is 0 Å². The lowest BCUT2D eigenvalue weighted by molar-refractivity contribution is -0.124. The van der Waals surface area contributed by atoms with E-state index < -0.39 is 0 Å². The summed E-state index contributed by atoms with van der Waals surface area (Å²) in [6.45, 7) is 1.41. The van der Waals surface area contributed by atoms with E-state index in [-0.39, 0.29) is 17.9 Å². The Balaban J connectivity index is 1.47. The molecule has 4 rings (SSSR count). The second-order valence-electron chi connectivity index (χ2n) is 5.97. The van der Waals surface area contributed by atoms with Crippen molar-refractivity contribution in [2.45, 2.75) is 37.8 Å². The van der Waals surface area contributed by atoms with Gasteiger partial charge in [-0.25, -0.2) is 4.98 Å². The maximum atomic E-state index is 12.7. The van der Waals surface area contributed by atoms with E-state index in [1.165, 1.54) is 0 Å². The van der Waals surface area contributed by atoms with Gasteiger partial charge in [0.05, 0.1) is 12.5 Å². The molecule has 2 atom stereocenters. The Morgan fingerprint density at radius 2 is 2.23 bits per heavy atom.